The van der Waals surface area contributed by atoms with Gasteiger partial charge in [-0.25, -0.2) is 0 Å². The molecule has 136 valence electrons. The van der Waals surface area contributed by atoms with Crippen LogP contribution in [0.25, 0.3) is 6.08 Å². The number of furan rings is 1. The number of nitrogens with one attached hydrogen (secondary N) is 2. The molecule has 3 rings (SSSR count). The van der Waals surface area contributed by atoms with Gasteiger partial charge in [-0.1, -0.05) is 6.92 Å². The zero-order valence-electron chi connectivity index (χ0n) is 14.2. The molecule has 0 radical (unpaired) electrons. The van der Waals surface area contributed by atoms with E-state index < -0.39 is 11.8 Å². The average molecular weight is 390 g/mol. The lowest BCUT2D eigenvalue weighted by Gasteiger charge is -2.18. The van der Waals surface area contributed by atoms with Crippen molar-refractivity contribution in [1.82, 2.24) is 5.32 Å². The molecule has 2 amide bonds. The zero-order chi connectivity index (χ0) is 18.7. The van der Waals surface area contributed by atoms with Crippen LogP contribution >= 0.6 is 23.6 Å². The van der Waals surface area contributed by atoms with Crippen molar-refractivity contribution in [3.8, 4) is 0 Å². The topological polar surface area (TPSA) is 97.4 Å². The van der Waals surface area contributed by atoms with Gasteiger partial charge in [-0.05, 0) is 61.2 Å². The second-order valence-corrected chi connectivity index (χ2v) is 7.73. The Morgan fingerprint density at radius 2 is 2.27 bits per heavy atom. The van der Waals surface area contributed by atoms with E-state index in [-0.39, 0.29) is 5.11 Å². The minimum Gasteiger partial charge on any atom is -0.465 e. The number of amides is 2. The van der Waals surface area contributed by atoms with Crippen molar-refractivity contribution in [3.63, 3.8) is 0 Å². The third-order valence-corrected chi connectivity index (χ3v) is 5.54. The number of carbonyl (C=O) groups is 2. The lowest BCUT2D eigenvalue weighted by molar-refractivity contribution is -0.115. The Hall–Kier alpha value is -2.45. The monoisotopic (exact) mass is 389 g/mol. The Labute approximate surface area is 160 Å². The first kappa shape index (κ1) is 18.3. The van der Waals surface area contributed by atoms with E-state index in [1.54, 1.807) is 12.1 Å². The first-order valence-electron chi connectivity index (χ1n) is 8.22. The fraction of sp³-hybridized carbons (Fsp3) is 0.278. The third-order valence-electron chi connectivity index (χ3n) is 4.16. The number of hydrogen-bond acceptors (Lipinski definition) is 5. The number of primary amides is 1. The lowest BCUT2D eigenvalue weighted by Crippen LogP contribution is -2.33. The largest absolute Gasteiger partial charge is 0.465 e. The van der Waals surface area contributed by atoms with Gasteiger partial charge < -0.3 is 15.5 Å². The molecule has 0 spiro atoms. The average Bonchev–Trinajstić information content (AvgIpc) is 3.19. The summed E-state index contributed by atoms with van der Waals surface area (Å²) in [5.41, 5.74) is 7.07. The van der Waals surface area contributed by atoms with Crippen molar-refractivity contribution in [2.45, 2.75) is 26.2 Å². The van der Waals surface area contributed by atoms with Crippen molar-refractivity contribution in [3.05, 3.63) is 46.2 Å². The molecule has 4 N–H and O–H groups in total. The fourth-order valence-corrected chi connectivity index (χ4v) is 4.62. The molecule has 2 aromatic rings. The normalized spacial score (nSPS) is 16.3. The summed E-state index contributed by atoms with van der Waals surface area (Å²) in [6, 6.07) is 3.46. The van der Waals surface area contributed by atoms with Crippen LogP contribution in [0, 0.1) is 5.92 Å². The Kier molecular flexibility index (Phi) is 5.53. The second kappa shape index (κ2) is 7.84. The molecule has 2 heterocycles. The van der Waals surface area contributed by atoms with Crippen LogP contribution in [0.2, 0.25) is 0 Å². The number of thiophene rings is 1. The van der Waals surface area contributed by atoms with E-state index in [0.717, 1.165) is 29.7 Å². The van der Waals surface area contributed by atoms with Crippen LogP contribution in [0.3, 0.4) is 0 Å². The highest BCUT2D eigenvalue weighted by Crippen LogP contribution is 2.39. The highest BCUT2D eigenvalue weighted by Gasteiger charge is 2.26. The molecule has 1 unspecified atom stereocenters. The fourth-order valence-electron chi connectivity index (χ4n) is 2.93. The maximum Gasteiger partial charge on any atom is 0.251 e. The summed E-state index contributed by atoms with van der Waals surface area (Å²) in [5.74, 6) is 0.268. The summed E-state index contributed by atoms with van der Waals surface area (Å²) in [4.78, 5) is 25.0. The molecule has 8 heteroatoms. The summed E-state index contributed by atoms with van der Waals surface area (Å²) in [6.45, 7) is 2.19. The van der Waals surface area contributed by atoms with Crippen LogP contribution in [-0.2, 0) is 17.6 Å². The summed E-state index contributed by atoms with van der Waals surface area (Å²) in [5, 5.41) is 6.21. The Morgan fingerprint density at radius 3 is 2.96 bits per heavy atom. The van der Waals surface area contributed by atoms with Crippen LogP contribution in [0.1, 0.15) is 39.9 Å². The first-order valence-corrected chi connectivity index (χ1v) is 9.44. The van der Waals surface area contributed by atoms with E-state index in [9.17, 15) is 9.59 Å². The van der Waals surface area contributed by atoms with Crippen molar-refractivity contribution < 1.29 is 14.0 Å². The van der Waals surface area contributed by atoms with Gasteiger partial charge in [0.15, 0.2) is 5.11 Å². The minimum atomic E-state index is -0.480. The molecule has 0 fully saturated rings. The van der Waals surface area contributed by atoms with Gasteiger partial charge in [0.2, 0.25) is 5.91 Å². The molecular formula is C18H19N3O3S2. The zero-order valence-corrected chi connectivity index (χ0v) is 15.8. The number of rotatable bonds is 4. The van der Waals surface area contributed by atoms with Gasteiger partial charge in [-0.3, -0.25) is 14.9 Å². The van der Waals surface area contributed by atoms with Crippen molar-refractivity contribution in [1.29, 1.82) is 0 Å². The molecule has 1 aliphatic carbocycles. The lowest BCUT2D eigenvalue weighted by atomic mass is 9.88. The van der Waals surface area contributed by atoms with E-state index in [1.807, 2.05) is 0 Å². The van der Waals surface area contributed by atoms with Crippen LogP contribution in [0.4, 0.5) is 5.00 Å². The third kappa shape index (κ3) is 4.20. The van der Waals surface area contributed by atoms with E-state index in [2.05, 4.69) is 17.6 Å². The molecule has 0 aromatic carbocycles. The maximum absolute atomic E-state index is 11.9. The molecule has 0 saturated carbocycles. The Morgan fingerprint density at radius 1 is 1.46 bits per heavy atom. The van der Waals surface area contributed by atoms with Crippen molar-refractivity contribution >= 4 is 51.6 Å². The molecule has 0 aliphatic heterocycles. The number of anilines is 1. The minimum absolute atomic E-state index is 0.119. The molecule has 2 aromatic heterocycles. The standard InChI is InChI=1S/C18H19N3O3S2/c1-10-4-6-12-13(9-10)26-17(15(12)16(19)23)21-18(25)20-14(22)7-5-11-3-2-8-24-11/h2-3,5,7-8,10H,4,6,9H2,1H3,(H2,19,23)(H2,20,21,22,25)/b7-5+. The number of thiocarbonyl (C=S) groups is 1. The molecular weight excluding hydrogens is 370 g/mol. The van der Waals surface area contributed by atoms with Crippen molar-refractivity contribution in [2.24, 2.45) is 11.7 Å². The van der Waals surface area contributed by atoms with Gasteiger partial charge in [0.05, 0.1) is 11.8 Å². The van der Waals surface area contributed by atoms with Crippen LogP contribution in [-0.4, -0.2) is 16.9 Å². The van der Waals surface area contributed by atoms with E-state index in [1.165, 1.54) is 29.8 Å². The van der Waals surface area contributed by atoms with Gasteiger partial charge in [0.1, 0.15) is 10.8 Å². The highest BCUT2D eigenvalue weighted by atomic mass is 32.1. The van der Waals surface area contributed by atoms with E-state index >= 15 is 0 Å². The van der Waals surface area contributed by atoms with Crippen LogP contribution in [0.5, 0.6) is 0 Å². The molecule has 6 nitrogen and oxygen atoms in total. The predicted molar refractivity (Wildman–Crippen MR) is 106 cm³/mol. The van der Waals surface area contributed by atoms with Gasteiger partial charge in [0.25, 0.3) is 5.91 Å². The number of fused-ring (bicyclic) bond motifs is 1. The van der Waals surface area contributed by atoms with Gasteiger partial charge >= 0.3 is 0 Å². The smallest absolute Gasteiger partial charge is 0.251 e. The summed E-state index contributed by atoms with van der Waals surface area (Å²) >= 11 is 6.67. The van der Waals surface area contributed by atoms with Crippen LogP contribution in [0.15, 0.2) is 28.9 Å². The number of nitrogens with two attached hydrogens (primary N) is 1. The van der Waals surface area contributed by atoms with Gasteiger partial charge in [-0.2, -0.15) is 0 Å². The summed E-state index contributed by atoms with van der Waals surface area (Å²) in [6.07, 6.45) is 7.17. The quantitative estimate of drug-likeness (QED) is 0.551. The van der Waals surface area contributed by atoms with E-state index in [0.29, 0.717) is 22.2 Å². The van der Waals surface area contributed by atoms with Crippen LogP contribution < -0.4 is 16.4 Å². The second-order valence-electron chi connectivity index (χ2n) is 6.21. The van der Waals surface area contributed by atoms with E-state index in [4.69, 9.17) is 22.4 Å². The molecule has 1 aliphatic rings. The van der Waals surface area contributed by atoms with Crippen molar-refractivity contribution in [2.75, 3.05) is 5.32 Å². The molecule has 26 heavy (non-hydrogen) atoms. The highest BCUT2D eigenvalue weighted by molar-refractivity contribution is 7.80. The number of hydrogen-bond donors (Lipinski definition) is 3. The SMILES string of the molecule is CC1CCc2c(sc(NC(=S)NC(=O)/C=C/c3ccco3)c2C(N)=O)C1. The summed E-state index contributed by atoms with van der Waals surface area (Å²) in [7, 11) is 0. The molecule has 0 saturated heterocycles. The van der Waals surface area contributed by atoms with Gasteiger partial charge in [0, 0.05) is 11.0 Å². The molecule has 1 atom stereocenters. The maximum atomic E-state index is 11.9. The van der Waals surface area contributed by atoms with Gasteiger partial charge in [-0.15, -0.1) is 11.3 Å². The predicted octanol–water partition coefficient (Wildman–Crippen LogP) is 3.09. The number of carbonyl (C=O) groups excluding carboxylic acids is 2. The first-order chi connectivity index (χ1) is 12.4. The molecule has 0 bridgehead atoms. The Bertz CT molecular complexity index is 869. The Balaban J connectivity index is 1.69. The summed E-state index contributed by atoms with van der Waals surface area (Å²) < 4.78 is 5.12.